The van der Waals surface area contributed by atoms with Crippen molar-refractivity contribution in [2.75, 3.05) is 7.05 Å². The Balaban J connectivity index is 2.13. The van der Waals surface area contributed by atoms with E-state index in [0.717, 1.165) is 16.6 Å². The molecule has 0 aromatic carbocycles. The number of halogens is 1. The molecule has 0 aliphatic rings. The molecule has 1 atom stereocenters. The van der Waals surface area contributed by atoms with Crippen molar-refractivity contribution in [1.82, 2.24) is 15.3 Å². The molecule has 2 aromatic heterocycles. The fraction of sp³-hybridized carbons (Fsp3) is 0.231. The van der Waals surface area contributed by atoms with E-state index in [4.69, 9.17) is 0 Å². The standard InChI is InChI=1S/C13H14BrN3/c1-15-13(10-3-2-6-16-8-10)7-12-5-4-11(14)9-17-12/h2-6,8-9,13,15H,7H2,1H3. The van der Waals surface area contributed by atoms with Crippen LogP contribution in [0.5, 0.6) is 0 Å². The van der Waals surface area contributed by atoms with Gasteiger partial charge in [-0.25, -0.2) is 0 Å². The van der Waals surface area contributed by atoms with E-state index in [1.165, 1.54) is 5.56 Å². The first-order chi connectivity index (χ1) is 8.29. The van der Waals surface area contributed by atoms with Crippen molar-refractivity contribution in [3.63, 3.8) is 0 Å². The quantitative estimate of drug-likeness (QED) is 0.941. The predicted octanol–water partition coefficient (Wildman–Crippen LogP) is 2.74. The minimum Gasteiger partial charge on any atom is -0.313 e. The molecule has 0 saturated carbocycles. The maximum absolute atomic E-state index is 4.38. The molecule has 0 aliphatic heterocycles. The Bertz CT molecular complexity index is 456. The lowest BCUT2D eigenvalue weighted by molar-refractivity contribution is 0.582. The number of nitrogens with one attached hydrogen (secondary N) is 1. The van der Waals surface area contributed by atoms with Crippen molar-refractivity contribution in [2.24, 2.45) is 0 Å². The van der Waals surface area contributed by atoms with Crippen molar-refractivity contribution < 1.29 is 0 Å². The van der Waals surface area contributed by atoms with Crippen LogP contribution in [-0.4, -0.2) is 17.0 Å². The third kappa shape index (κ3) is 3.35. The van der Waals surface area contributed by atoms with Crippen molar-refractivity contribution in [1.29, 1.82) is 0 Å². The van der Waals surface area contributed by atoms with Crippen molar-refractivity contribution in [2.45, 2.75) is 12.5 Å². The van der Waals surface area contributed by atoms with Crippen LogP contribution in [0.3, 0.4) is 0 Å². The van der Waals surface area contributed by atoms with Gasteiger partial charge in [0.2, 0.25) is 0 Å². The second-order valence-corrected chi connectivity index (χ2v) is 4.72. The van der Waals surface area contributed by atoms with E-state index in [9.17, 15) is 0 Å². The SMILES string of the molecule is CNC(Cc1ccc(Br)cn1)c1cccnc1. The zero-order valence-electron chi connectivity index (χ0n) is 9.60. The van der Waals surface area contributed by atoms with E-state index in [1.54, 1.807) is 6.20 Å². The highest BCUT2D eigenvalue weighted by molar-refractivity contribution is 9.10. The highest BCUT2D eigenvalue weighted by Crippen LogP contribution is 2.17. The normalized spacial score (nSPS) is 12.4. The topological polar surface area (TPSA) is 37.8 Å². The molecule has 0 spiro atoms. The van der Waals surface area contributed by atoms with Crippen LogP contribution in [0.15, 0.2) is 47.3 Å². The average Bonchev–Trinajstić information content (AvgIpc) is 2.39. The Morgan fingerprint density at radius 3 is 2.76 bits per heavy atom. The zero-order chi connectivity index (χ0) is 12.1. The van der Waals surface area contributed by atoms with Gasteiger partial charge in [-0.3, -0.25) is 9.97 Å². The van der Waals surface area contributed by atoms with Gasteiger partial charge >= 0.3 is 0 Å². The summed E-state index contributed by atoms with van der Waals surface area (Å²) < 4.78 is 1.00. The van der Waals surface area contributed by atoms with Crippen LogP contribution in [0.25, 0.3) is 0 Å². The van der Waals surface area contributed by atoms with Crippen LogP contribution in [0.4, 0.5) is 0 Å². The molecule has 17 heavy (non-hydrogen) atoms. The zero-order valence-corrected chi connectivity index (χ0v) is 11.2. The summed E-state index contributed by atoms with van der Waals surface area (Å²) in [5.74, 6) is 0. The summed E-state index contributed by atoms with van der Waals surface area (Å²) >= 11 is 3.39. The molecule has 0 saturated heterocycles. The number of nitrogens with zero attached hydrogens (tertiary/aromatic N) is 2. The summed E-state index contributed by atoms with van der Waals surface area (Å²) in [5.41, 5.74) is 2.25. The van der Waals surface area contributed by atoms with Crippen molar-refractivity contribution >= 4 is 15.9 Å². The van der Waals surface area contributed by atoms with E-state index in [1.807, 2.05) is 37.6 Å². The molecule has 2 aromatic rings. The van der Waals surface area contributed by atoms with Gasteiger partial charge in [0.1, 0.15) is 0 Å². The lowest BCUT2D eigenvalue weighted by Gasteiger charge is -2.15. The molecular weight excluding hydrogens is 278 g/mol. The van der Waals surface area contributed by atoms with E-state index in [0.29, 0.717) is 0 Å². The third-order valence-electron chi connectivity index (χ3n) is 2.64. The Morgan fingerprint density at radius 1 is 1.29 bits per heavy atom. The number of rotatable bonds is 4. The van der Waals surface area contributed by atoms with E-state index >= 15 is 0 Å². The van der Waals surface area contributed by atoms with Crippen LogP contribution < -0.4 is 5.32 Å². The van der Waals surface area contributed by atoms with E-state index < -0.39 is 0 Å². The Hall–Kier alpha value is -1.26. The van der Waals surface area contributed by atoms with Gasteiger partial charge in [-0.15, -0.1) is 0 Å². The van der Waals surface area contributed by atoms with Crippen LogP contribution in [0, 0.1) is 0 Å². The fourth-order valence-electron chi connectivity index (χ4n) is 1.71. The molecule has 88 valence electrons. The van der Waals surface area contributed by atoms with Crippen LogP contribution in [-0.2, 0) is 6.42 Å². The van der Waals surface area contributed by atoms with Crippen LogP contribution in [0.1, 0.15) is 17.3 Å². The van der Waals surface area contributed by atoms with Gasteiger partial charge in [0.05, 0.1) is 0 Å². The molecule has 0 fully saturated rings. The van der Waals surface area contributed by atoms with E-state index in [-0.39, 0.29) is 6.04 Å². The molecule has 0 bridgehead atoms. The predicted molar refractivity (Wildman–Crippen MR) is 71.7 cm³/mol. The fourth-order valence-corrected chi connectivity index (χ4v) is 1.94. The summed E-state index contributed by atoms with van der Waals surface area (Å²) in [6, 6.07) is 8.32. The maximum atomic E-state index is 4.38. The minimum atomic E-state index is 0.248. The third-order valence-corrected chi connectivity index (χ3v) is 3.11. The average molecular weight is 292 g/mol. The van der Waals surface area contributed by atoms with Gasteiger partial charge in [0.25, 0.3) is 0 Å². The van der Waals surface area contributed by atoms with Crippen molar-refractivity contribution in [3.05, 3.63) is 58.6 Å². The van der Waals surface area contributed by atoms with Gasteiger partial charge in [-0.05, 0) is 46.7 Å². The first kappa shape index (κ1) is 12.2. The highest BCUT2D eigenvalue weighted by atomic mass is 79.9. The van der Waals surface area contributed by atoms with Crippen LogP contribution in [0.2, 0.25) is 0 Å². The molecule has 3 nitrogen and oxygen atoms in total. The summed E-state index contributed by atoms with van der Waals surface area (Å²) in [6.07, 6.45) is 6.36. The number of aromatic nitrogens is 2. The molecule has 4 heteroatoms. The maximum Gasteiger partial charge on any atom is 0.0423 e. The Morgan fingerprint density at radius 2 is 2.18 bits per heavy atom. The Labute approximate surface area is 109 Å². The first-order valence-electron chi connectivity index (χ1n) is 5.47. The number of hydrogen-bond donors (Lipinski definition) is 1. The smallest absolute Gasteiger partial charge is 0.0423 e. The van der Waals surface area contributed by atoms with Gasteiger partial charge in [-0.1, -0.05) is 6.07 Å². The molecule has 2 rings (SSSR count). The molecule has 0 aliphatic carbocycles. The molecule has 1 unspecified atom stereocenters. The second-order valence-electron chi connectivity index (χ2n) is 3.80. The summed E-state index contributed by atoms with van der Waals surface area (Å²) in [4.78, 5) is 8.53. The molecule has 2 heterocycles. The van der Waals surface area contributed by atoms with Gasteiger partial charge in [-0.2, -0.15) is 0 Å². The van der Waals surface area contributed by atoms with Crippen molar-refractivity contribution in [3.8, 4) is 0 Å². The molecule has 0 radical (unpaired) electrons. The van der Waals surface area contributed by atoms with Gasteiger partial charge < -0.3 is 5.32 Å². The summed E-state index contributed by atoms with van der Waals surface area (Å²) in [6.45, 7) is 0. The molecule has 1 N–H and O–H groups in total. The molecule has 0 amide bonds. The second kappa shape index (κ2) is 5.89. The number of pyridine rings is 2. The van der Waals surface area contributed by atoms with E-state index in [2.05, 4.69) is 37.3 Å². The Kier molecular flexibility index (Phi) is 4.23. The first-order valence-corrected chi connectivity index (χ1v) is 6.26. The van der Waals surface area contributed by atoms with Crippen LogP contribution >= 0.6 is 15.9 Å². The van der Waals surface area contributed by atoms with Gasteiger partial charge in [0, 0.05) is 41.2 Å². The largest absolute Gasteiger partial charge is 0.313 e. The number of likely N-dealkylation sites (N-methyl/N-ethyl adjacent to an activating group) is 1. The van der Waals surface area contributed by atoms with Gasteiger partial charge in [0.15, 0.2) is 0 Å². The number of hydrogen-bond acceptors (Lipinski definition) is 3. The summed E-state index contributed by atoms with van der Waals surface area (Å²) in [7, 11) is 1.95. The lowest BCUT2D eigenvalue weighted by Crippen LogP contribution is -2.19. The minimum absolute atomic E-state index is 0.248. The monoisotopic (exact) mass is 291 g/mol. The summed E-state index contributed by atoms with van der Waals surface area (Å²) in [5, 5.41) is 3.29. The molecular formula is C13H14BrN3. The highest BCUT2D eigenvalue weighted by Gasteiger charge is 2.10. The lowest BCUT2D eigenvalue weighted by atomic mass is 10.0.